The van der Waals surface area contributed by atoms with Crippen molar-refractivity contribution < 1.29 is 23.8 Å². The van der Waals surface area contributed by atoms with Crippen LogP contribution in [0.15, 0.2) is 10.5 Å². The van der Waals surface area contributed by atoms with Crippen LogP contribution in [0.25, 0.3) is 0 Å². The Morgan fingerprint density at radius 2 is 2.17 bits per heavy atom. The third kappa shape index (κ3) is 4.33. The fraction of sp³-hybridized carbons (Fsp3) is 0.625. The number of carboxylic acid groups (broad SMARTS) is 1. The Morgan fingerprint density at radius 3 is 2.74 bits per heavy atom. The Labute approximate surface area is 135 Å². The van der Waals surface area contributed by atoms with Gasteiger partial charge in [-0.15, -0.1) is 0 Å². The average Bonchev–Trinajstić information content (AvgIpc) is 2.84. The molecule has 7 heteroatoms. The number of carbonyl (C=O) groups excluding carboxylic acids is 1. The Bertz CT molecular complexity index is 563. The third-order valence-electron chi connectivity index (χ3n) is 4.31. The number of nitrogens with zero attached hydrogens (tertiary/aromatic N) is 1. The summed E-state index contributed by atoms with van der Waals surface area (Å²) in [5.74, 6) is 0.0705. The summed E-state index contributed by atoms with van der Waals surface area (Å²) >= 11 is 0. The highest BCUT2D eigenvalue weighted by molar-refractivity contribution is 5.90. The largest absolute Gasteiger partial charge is 0.480 e. The van der Waals surface area contributed by atoms with E-state index in [1.165, 1.54) is 7.11 Å². The van der Waals surface area contributed by atoms with E-state index in [2.05, 4.69) is 5.32 Å². The molecule has 1 saturated carbocycles. The molecule has 1 aliphatic carbocycles. The van der Waals surface area contributed by atoms with Crippen molar-refractivity contribution >= 4 is 11.9 Å². The maximum absolute atomic E-state index is 11.5. The number of ether oxygens (including phenoxy) is 1. The molecule has 2 rings (SSSR count). The van der Waals surface area contributed by atoms with Gasteiger partial charge in [0.05, 0.1) is 20.2 Å². The van der Waals surface area contributed by atoms with Crippen LogP contribution in [0.1, 0.15) is 41.6 Å². The standard InChI is InChI=1S/C16H24N2O5/c1-4-18(9-15(19)20)12-5-11(6-12)17-8-13-7-14(10(2)23-13)16(21)22-3/h7,11-12,17H,4-6,8-9H2,1-3H3,(H,19,20). The minimum atomic E-state index is -0.787. The van der Waals surface area contributed by atoms with Crippen molar-refractivity contribution in [3.8, 4) is 0 Å². The van der Waals surface area contributed by atoms with E-state index in [4.69, 9.17) is 14.3 Å². The molecule has 7 nitrogen and oxygen atoms in total. The number of furan rings is 1. The van der Waals surface area contributed by atoms with E-state index in [0.717, 1.165) is 19.4 Å². The Kier molecular flexibility index (Phi) is 5.79. The van der Waals surface area contributed by atoms with E-state index in [1.54, 1.807) is 13.0 Å². The average molecular weight is 324 g/mol. The van der Waals surface area contributed by atoms with Gasteiger partial charge in [-0.3, -0.25) is 9.69 Å². The van der Waals surface area contributed by atoms with Crippen LogP contribution in [0.3, 0.4) is 0 Å². The number of carboxylic acids is 1. The maximum atomic E-state index is 11.5. The first-order valence-electron chi connectivity index (χ1n) is 7.81. The quantitative estimate of drug-likeness (QED) is 0.698. The van der Waals surface area contributed by atoms with E-state index >= 15 is 0 Å². The molecule has 0 radical (unpaired) electrons. The number of hydrogen-bond donors (Lipinski definition) is 2. The smallest absolute Gasteiger partial charge is 0.341 e. The lowest BCUT2D eigenvalue weighted by Gasteiger charge is -2.42. The van der Waals surface area contributed by atoms with Crippen LogP contribution >= 0.6 is 0 Å². The molecule has 0 bridgehead atoms. The van der Waals surface area contributed by atoms with Crippen molar-refractivity contribution in [2.24, 2.45) is 0 Å². The number of rotatable bonds is 8. The SMILES string of the molecule is CCN(CC(=O)O)C1CC(NCc2cc(C(=O)OC)c(C)o2)C1. The maximum Gasteiger partial charge on any atom is 0.341 e. The van der Waals surface area contributed by atoms with E-state index in [0.29, 0.717) is 35.7 Å². The first-order chi connectivity index (χ1) is 10.9. The van der Waals surface area contributed by atoms with E-state index in [1.807, 2.05) is 11.8 Å². The number of likely N-dealkylation sites (N-methyl/N-ethyl adjacent to an activating group) is 1. The van der Waals surface area contributed by atoms with Crippen molar-refractivity contribution in [3.63, 3.8) is 0 Å². The number of esters is 1. The molecule has 23 heavy (non-hydrogen) atoms. The zero-order chi connectivity index (χ0) is 17.0. The summed E-state index contributed by atoms with van der Waals surface area (Å²) in [6.45, 7) is 5.08. The Hall–Kier alpha value is -1.86. The number of nitrogens with one attached hydrogen (secondary N) is 1. The lowest BCUT2D eigenvalue weighted by atomic mass is 9.85. The van der Waals surface area contributed by atoms with Gasteiger partial charge in [-0.05, 0) is 32.4 Å². The molecule has 0 unspecified atom stereocenters. The number of methoxy groups -OCH3 is 1. The predicted molar refractivity (Wildman–Crippen MR) is 83.3 cm³/mol. The van der Waals surface area contributed by atoms with E-state index in [9.17, 15) is 9.59 Å². The summed E-state index contributed by atoms with van der Waals surface area (Å²) in [5, 5.41) is 12.3. The molecular formula is C16H24N2O5. The van der Waals surface area contributed by atoms with Gasteiger partial charge in [0.15, 0.2) is 0 Å². The summed E-state index contributed by atoms with van der Waals surface area (Å²) in [7, 11) is 1.35. The predicted octanol–water partition coefficient (Wildman–Crippen LogP) is 1.40. The molecule has 0 atom stereocenters. The minimum absolute atomic E-state index is 0.0910. The highest BCUT2D eigenvalue weighted by atomic mass is 16.5. The first-order valence-corrected chi connectivity index (χ1v) is 7.81. The van der Waals surface area contributed by atoms with Crippen molar-refractivity contribution in [2.45, 2.75) is 45.3 Å². The van der Waals surface area contributed by atoms with Gasteiger partial charge < -0.3 is 19.6 Å². The Balaban J connectivity index is 1.78. The summed E-state index contributed by atoms with van der Waals surface area (Å²) in [4.78, 5) is 24.3. The summed E-state index contributed by atoms with van der Waals surface area (Å²) in [6.07, 6.45) is 1.84. The molecule has 1 fully saturated rings. The highest BCUT2D eigenvalue weighted by Crippen LogP contribution is 2.26. The summed E-state index contributed by atoms with van der Waals surface area (Å²) in [6, 6.07) is 2.36. The number of carbonyl (C=O) groups is 2. The summed E-state index contributed by atoms with van der Waals surface area (Å²) in [5.41, 5.74) is 0.453. The lowest BCUT2D eigenvalue weighted by Crippen LogP contribution is -2.53. The van der Waals surface area contributed by atoms with Crippen molar-refractivity contribution in [1.82, 2.24) is 10.2 Å². The number of aryl methyl sites for hydroxylation is 1. The molecule has 2 N–H and O–H groups in total. The van der Waals surface area contributed by atoms with E-state index in [-0.39, 0.29) is 6.54 Å². The second-order valence-corrected chi connectivity index (χ2v) is 5.83. The van der Waals surface area contributed by atoms with Crippen LogP contribution in [0.5, 0.6) is 0 Å². The second kappa shape index (κ2) is 7.61. The normalized spacial score (nSPS) is 20.3. The number of aliphatic carboxylic acids is 1. The van der Waals surface area contributed by atoms with Crippen molar-refractivity contribution in [2.75, 3.05) is 20.2 Å². The fourth-order valence-corrected chi connectivity index (χ4v) is 2.91. The van der Waals surface area contributed by atoms with Gasteiger partial charge in [0.1, 0.15) is 17.1 Å². The van der Waals surface area contributed by atoms with Crippen molar-refractivity contribution in [3.05, 3.63) is 23.2 Å². The molecule has 1 aromatic heterocycles. The molecule has 0 aliphatic heterocycles. The second-order valence-electron chi connectivity index (χ2n) is 5.83. The van der Waals surface area contributed by atoms with Gasteiger partial charge in [0, 0.05) is 12.1 Å². The fourth-order valence-electron chi connectivity index (χ4n) is 2.91. The minimum Gasteiger partial charge on any atom is -0.480 e. The Morgan fingerprint density at radius 1 is 1.48 bits per heavy atom. The molecule has 0 spiro atoms. The molecule has 0 saturated heterocycles. The highest BCUT2D eigenvalue weighted by Gasteiger charge is 2.33. The zero-order valence-electron chi connectivity index (χ0n) is 13.8. The van der Waals surface area contributed by atoms with Gasteiger partial charge >= 0.3 is 11.9 Å². The summed E-state index contributed by atoms with van der Waals surface area (Å²) < 4.78 is 10.3. The third-order valence-corrected chi connectivity index (χ3v) is 4.31. The first kappa shape index (κ1) is 17.5. The number of hydrogen-bond acceptors (Lipinski definition) is 6. The molecule has 1 aliphatic rings. The molecule has 128 valence electrons. The van der Waals surface area contributed by atoms with E-state index < -0.39 is 11.9 Å². The molecule has 0 aromatic carbocycles. The van der Waals surface area contributed by atoms with Gasteiger partial charge in [-0.25, -0.2) is 4.79 Å². The molecular weight excluding hydrogens is 300 g/mol. The van der Waals surface area contributed by atoms with Gasteiger partial charge in [-0.1, -0.05) is 6.92 Å². The van der Waals surface area contributed by atoms with Crippen LogP contribution < -0.4 is 5.32 Å². The van der Waals surface area contributed by atoms with Crippen LogP contribution in [0, 0.1) is 6.92 Å². The van der Waals surface area contributed by atoms with Crippen molar-refractivity contribution in [1.29, 1.82) is 0 Å². The molecule has 0 amide bonds. The zero-order valence-corrected chi connectivity index (χ0v) is 13.8. The van der Waals surface area contributed by atoms with Crippen LogP contribution in [-0.2, 0) is 16.1 Å². The van der Waals surface area contributed by atoms with Gasteiger partial charge in [-0.2, -0.15) is 0 Å². The van der Waals surface area contributed by atoms with Crippen LogP contribution in [0.2, 0.25) is 0 Å². The van der Waals surface area contributed by atoms with Crippen LogP contribution in [0.4, 0.5) is 0 Å². The topological polar surface area (TPSA) is 92.0 Å². The lowest BCUT2D eigenvalue weighted by molar-refractivity contribution is -0.139. The van der Waals surface area contributed by atoms with Gasteiger partial charge in [0.25, 0.3) is 0 Å². The van der Waals surface area contributed by atoms with Gasteiger partial charge in [0.2, 0.25) is 0 Å². The van der Waals surface area contributed by atoms with Crippen LogP contribution in [-0.4, -0.2) is 54.2 Å². The molecule has 1 aromatic rings. The monoisotopic (exact) mass is 324 g/mol. The molecule has 1 heterocycles.